The molecule has 1 aromatic rings. The minimum atomic E-state index is -0.198. The molecule has 0 spiro atoms. The molecule has 5 heteroatoms. The Morgan fingerprint density at radius 3 is 2.85 bits per heavy atom. The molecule has 0 radical (unpaired) electrons. The van der Waals surface area contributed by atoms with Crippen LogP contribution in [-0.4, -0.2) is 29.7 Å². The number of hydrogen-bond donors (Lipinski definition) is 0. The van der Waals surface area contributed by atoms with Gasteiger partial charge < -0.3 is 4.74 Å². The van der Waals surface area contributed by atoms with Crippen molar-refractivity contribution in [1.29, 1.82) is 0 Å². The molecule has 2 amide bonds. The number of methoxy groups -OCH3 is 1. The van der Waals surface area contributed by atoms with E-state index in [2.05, 4.69) is 0 Å². The molecular formula is C15H17NO3S. The van der Waals surface area contributed by atoms with E-state index in [1.807, 2.05) is 31.2 Å². The first-order valence-electron chi connectivity index (χ1n) is 6.55. The molecule has 0 bridgehead atoms. The van der Waals surface area contributed by atoms with Gasteiger partial charge in [0.15, 0.2) is 0 Å². The molecule has 4 nitrogen and oxygen atoms in total. The van der Waals surface area contributed by atoms with Gasteiger partial charge in [-0.2, -0.15) is 0 Å². The van der Waals surface area contributed by atoms with Gasteiger partial charge in [-0.05, 0) is 42.0 Å². The van der Waals surface area contributed by atoms with Crippen molar-refractivity contribution in [2.45, 2.75) is 19.8 Å². The summed E-state index contributed by atoms with van der Waals surface area (Å²) in [5.41, 5.74) is 0.852. The van der Waals surface area contributed by atoms with E-state index in [9.17, 15) is 9.59 Å². The zero-order valence-electron chi connectivity index (χ0n) is 11.6. The van der Waals surface area contributed by atoms with Gasteiger partial charge in [-0.3, -0.25) is 14.5 Å². The van der Waals surface area contributed by atoms with Crippen molar-refractivity contribution >= 4 is 29.0 Å². The first-order valence-corrected chi connectivity index (χ1v) is 7.36. The van der Waals surface area contributed by atoms with Gasteiger partial charge >= 0.3 is 0 Å². The molecule has 0 aromatic heterocycles. The normalized spacial score (nSPS) is 17.1. The Balaban J connectivity index is 2.18. The van der Waals surface area contributed by atoms with Crippen LogP contribution < -0.4 is 4.74 Å². The van der Waals surface area contributed by atoms with Crippen LogP contribution in [0.3, 0.4) is 0 Å². The van der Waals surface area contributed by atoms with Crippen molar-refractivity contribution in [3.8, 4) is 5.75 Å². The van der Waals surface area contributed by atoms with Gasteiger partial charge in [0.2, 0.25) is 0 Å². The molecule has 20 heavy (non-hydrogen) atoms. The summed E-state index contributed by atoms with van der Waals surface area (Å²) in [6.45, 7) is 2.53. The predicted octanol–water partition coefficient (Wildman–Crippen LogP) is 3.53. The summed E-state index contributed by atoms with van der Waals surface area (Å²) in [6.07, 6.45) is 3.53. The number of hydrogen-bond acceptors (Lipinski definition) is 4. The summed E-state index contributed by atoms with van der Waals surface area (Å²) in [5, 5.41) is -0.183. The summed E-state index contributed by atoms with van der Waals surface area (Å²) >= 11 is 0.998. The molecule has 2 rings (SSSR count). The average molecular weight is 291 g/mol. The number of benzene rings is 1. The quantitative estimate of drug-likeness (QED) is 0.779. The van der Waals surface area contributed by atoms with E-state index in [0.29, 0.717) is 11.4 Å². The first-order chi connectivity index (χ1) is 9.65. The highest BCUT2D eigenvalue weighted by molar-refractivity contribution is 8.18. The SMILES string of the molecule is CCCCN1C(=O)S/C(=C\c2cccc(OC)c2)C1=O. The van der Waals surface area contributed by atoms with E-state index < -0.39 is 0 Å². The minimum Gasteiger partial charge on any atom is -0.497 e. The minimum absolute atomic E-state index is 0.183. The average Bonchev–Trinajstić information content (AvgIpc) is 2.72. The molecule has 1 fully saturated rings. The zero-order chi connectivity index (χ0) is 14.5. The van der Waals surface area contributed by atoms with Crippen LogP contribution in [0, 0.1) is 0 Å². The second kappa shape index (κ2) is 6.61. The van der Waals surface area contributed by atoms with Gasteiger partial charge in [0.05, 0.1) is 12.0 Å². The lowest BCUT2D eigenvalue weighted by Crippen LogP contribution is -2.29. The lowest BCUT2D eigenvalue weighted by Gasteiger charge is -2.10. The van der Waals surface area contributed by atoms with Crippen molar-refractivity contribution in [2.75, 3.05) is 13.7 Å². The Morgan fingerprint density at radius 1 is 1.35 bits per heavy atom. The van der Waals surface area contributed by atoms with Gasteiger partial charge in [-0.1, -0.05) is 25.5 Å². The summed E-state index contributed by atoms with van der Waals surface area (Å²) in [6, 6.07) is 7.40. The zero-order valence-corrected chi connectivity index (χ0v) is 12.4. The maximum Gasteiger partial charge on any atom is 0.293 e. The monoisotopic (exact) mass is 291 g/mol. The Hall–Kier alpha value is -1.75. The molecule has 0 N–H and O–H groups in total. The molecule has 0 unspecified atom stereocenters. The van der Waals surface area contributed by atoms with E-state index in [4.69, 9.17) is 4.74 Å². The van der Waals surface area contributed by atoms with Crippen molar-refractivity contribution in [2.24, 2.45) is 0 Å². The van der Waals surface area contributed by atoms with Crippen LogP contribution in [0.5, 0.6) is 5.75 Å². The number of ether oxygens (including phenoxy) is 1. The molecule has 1 aromatic carbocycles. The fourth-order valence-corrected chi connectivity index (χ4v) is 2.76. The van der Waals surface area contributed by atoms with Crippen LogP contribution >= 0.6 is 11.8 Å². The van der Waals surface area contributed by atoms with E-state index in [1.165, 1.54) is 4.90 Å². The highest BCUT2D eigenvalue weighted by Crippen LogP contribution is 2.32. The van der Waals surface area contributed by atoms with Gasteiger partial charge in [0, 0.05) is 6.54 Å². The van der Waals surface area contributed by atoms with Crippen LogP contribution in [0.15, 0.2) is 29.2 Å². The Kier molecular flexibility index (Phi) is 4.84. The Labute approximate surface area is 122 Å². The largest absolute Gasteiger partial charge is 0.497 e. The third-order valence-corrected chi connectivity index (χ3v) is 3.91. The number of amides is 2. The summed E-state index contributed by atoms with van der Waals surface area (Å²) in [7, 11) is 1.59. The number of unbranched alkanes of at least 4 members (excludes halogenated alkanes) is 1. The lowest BCUT2D eigenvalue weighted by atomic mass is 10.2. The Morgan fingerprint density at radius 2 is 2.15 bits per heavy atom. The number of carbonyl (C=O) groups is 2. The highest BCUT2D eigenvalue weighted by atomic mass is 32.2. The van der Waals surface area contributed by atoms with Crippen LogP contribution in [0.1, 0.15) is 25.3 Å². The van der Waals surface area contributed by atoms with Gasteiger partial charge in [0.25, 0.3) is 11.1 Å². The van der Waals surface area contributed by atoms with E-state index in [0.717, 1.165) is 35.9 Å². The van der Waals surface area contributed by atoms with E-state index in [1.54, 1.807) is 13.2 Å². The second-order valence-electron chi connectivity index (χ2n) is 4.46. The standard InChI is InChI=1S/C15H17NO3S/c1-3-4-8-16-14(17)13(20-15(16)18)10-11-6-5-7-12(9-11)19-2/h5-7,9-10H,3-4,8H2,1-2H3/b13-10-. The van der Waals surface area contributed by atoms with Crippen LogP contribution in [0.25, 0.3) is 6.08 Å². The Bertz CT molecular complexity index is 554. The van der Waals surface area contributed by atoms with E-state index >= 15 is 0 Å². The molecule has 0 saturated carbocycles. The summed E-state index contributed by atoms with van der Waals surface area (Å²) in [4.78, 5) is 25.8. The smallest absolute Gasteiger partial charge is 0.293 e. The van der Waals surface area contributed by atoms with Gasteiger partial charge in [-0.25, -0.2) is 0 Å². The fourth-order valence-electron chi connectivity index (χ4n) is 1.89. The molecule has 1 aliphatic heterocycles. The van der Waals surface area contributed by atoms with Crippen LogP contribution in [-0.2, 0) is 4.79 Å². The molecule has 106 valence electrons. The van der Waals surface area contributed by atoms with Crippen molar-refractivity contribution in [3.05, 3.63) is 34.7 Å². The van der Waals surface area contributed by atoms with Crippen LogP contribution in [0.4, 0.5) is 4.79 Å². The number of rotatable bonds is 5. The van der Waals surface area contributed by atoms with Crippen LogP contribution in [0.2, 0.25) is 0 Å². The number of carbonyl (C=O) groups excluding carboxylic acids is 2. The maximum absolute atomic E-state index is 12.2. The number of imide groups is 1. The summed E-state index contributed by atoms with van der Waals surface area (Å²) in [5.74, 6) is 0.528. The molecule has 0 atom stereocenters. The molecule has 1 saturated heterocycles. The van der Waals surface area contributed by atoms with Crippen molar-refractivity contribution in [3.63, 3.8) is 0 Å². The van der Waals surface area contributed by atoms with Crippen molar-refractivity contribution in [1.82, 2.24) is 4.90 Å². The molecule has 1 heterocycles. The third-order valence-electron chi connectivity index (χ3n) is 3.00. The first kappa shape index (κ1) is 14.7. The third kappa shape index (κ3) is 3.22. The van der Waals surface area contributed by atoms with Crippen molar-refractivity contribution < 1.29 is 14.3 Å². The topological polar surface area (TPSA) is 46.6 Å². The molecule has 0 aliphatic carbocycles. The highest BCUT2D eigenvalue weighted by Gasteiger charge is 2.34. The number of nitrogens with zero attached hydrogens (tertiary/aromatic N) is 1. The maximum atomic E-state index is 12.2. The fraction of sp³-hybridized carbons (Fsp3) is 0.333. The molecule has 1 aliphatic rings. The summed E-state index contributed by atoms with van der Waals surface area (Å²) < 4.78 is 5.14. The van der Waals surface area contributed by atoms with Gasteiger partial charge in [0.1, 0.15) is 5.75 Å². The second-order valence-corrected chi connectivity index (χ2v) is 5.46. The lowest BCUT2D eigenvalue weighted by molar-refractivity contribution is -0.122. The molecular weight excluding hydrogens is 274 g/mol. The van der Waals surface area contributed by atoms with Gasteiger partial charge in [-0.15, -0.1) is 0 Å². The van der Waals surface area contributed by atoms with E-state index in [-0.39, 0.29) is 11.1 Å². The predicted molar refractivity (Wildman–Crippen MR) is 80.6 cm³/mol. The number of thioether (sulfide) groups is 1.